The first-order valence-corrected chi connectivity index (χ1v) is 8.59. The van der Waals surface area contributed by atoms with Crippen molar-refractivity contribution in [1.29, 1.82) is 0 Å². The molecular weight excluding hydrogens is 346 g/mol. The molecule has 0 amide bonds. The predicted molar refractivity (Wildman–Crippen MR) is 95.2 cm³/mol. The summed E-state index contributed by atoms with van der Waals surface area (Å²) in [6, 6.07) is 0. The zero-order chi connectivity index (χ0) is 19.0. The largest absolute Gasteiger partial charge is 0.464 e. The normalized spacial score (nSPS) is 13.1. The number of thioether (sulfide) groups is 1. The summed E-state index contributed by atoms with van der Waals surface area (Å²) in [6.45, 7) is 3.71. The van der Waals surface area contributed by atoms with Gasteiger partial charge in [-0.05, 0) is 19.8 Å². The molecule has 0 aromatic carbocycles. The van der Waals surface area contributed by atoms with Crippen molar-refractivity contribution in [2.24, 2.45) is 0 Å². The van der Waals surface area contributed by atoms with Crippen LogP contribution in [0.5, 0.6) is 0 Å². The van der Waals surface area contributed by atoms with Crippen molar-refractivity contribution in [2.45, 2.75) is 6.92 Å². The van der Waals surface area contributed by atoms with E-state index in [4.69, 9.17) is 4.74 Å². The maximum absolute atomic E-state index is 12.1. The second-order valence-corrected chi connectivity index (χ2v) is 6.55. The number of ether oxygens (including phenoxy) is 2. The fourth-order valence-corrected chi connectivity index (χ4v) is 2.64. The lowest BCUT2D eigenvalue weighted by atomic mass is 9.99. The number of nitrogens with zero attached hydrogens (tertiary/aromatic N) is 2. The number of hydrogen-bond acceptors (Lipinski definition) is 8. The monoisotopic (exact) mass is 369 g/mol. The highest BCUT2D eigenvalue weighted by Crippen LogP contribution is 2.29. The summed E-state index contributed by atoms with van der Waals surface area (Å²) in [6.07, 6.45) is 1.25. The van der Waals surface area contributed by atoms with Gasteiger partial charge in [0.05, 0.1) is 24.2 Å². The topological polar surface area (TPSA) is 102 Å². The molecule has 1 aliphatic rings. The quantitative estimate of drug-likeness (QED) is 0.751. The number of aromatic amines is 1. The summed E-state index contributed by atoms with van der Waals surface area (Å²) >= 11 is 1.26. The predicted octanol–water partition coefficient (Wildman–Crippen LogP) is 1.41. The molecule has 138 valence electrons. The molecule has 8 nitrogen and oxygen atoms in total. The van der Waals surface area contributed by atoms with Crippen molar-refractivity contribution in [1.82, 2.24) is 15.1 Å². The number of rotatable bonds is 6. The number of hydrogen-bond donors (Lipinski definition) is 1. The smallest absolute Gasteiger partial charge is 0.356 e. The van der Waals surface area contributed by atoms with Crippen molar-refractivity contribution in [3.63, 3.8) is 0 Å². The number of carbonyl (C=O) groups excluding carboxylic acids is 3. The number of fused-ring (bicyclic) bond motifs is 1. The van der Waals surface area contributed by atoms with Gasteiger partial charge in [-0.1, -0.05) is 6.92 Å². The zero-order valence-electron chi connectivity index (χ0n) is 15.0. The van der Waals surface area contributed by atoms with Crippen LogP contribution < -0.4 is 0 Å². The van der Waals surface area contributed by atoms with Gasteiger partial charge in [-0.2, -0.15) is 5.10 Å². The van der Waals surface area contributed by atoms with Gasteiger partial charge in [0.25, 0.3) is 0 Å². The summed E-state index contributed by atoms with van der Waals surface area (Å²) in [7, 11) is 6.96. The second-order valence-electron chi connectivity index (χ2n) is 5.24. The number of aromatic nitrogens is 2. The molecule has 1 aliphatic carbocycles. The number of allylic oxidation sites excluding steroid dienone is 2. The van der Waals surface area contributed by atoms with Crippen LogP contribution in [0.3, 0.4) is 0 Å². The van der Waals surface area contributed by atoms with Crippen LogP contribution in [0.4, 0.5) is 0 Å². The van der Waals surface area contributed by atoms with Crippen molar-refractivity contribution in [3.05, 3.63) is 27.9 Å². The first kappa shape index (κ1) is 21.1. The molecule has 1 aromatic heterocycles. The molecular formula is C16H23N3O5S. The van der Waals surface area contributed by atoms with E-state index in [1.165, 1.54) is 24.9 Å². The molecule has 1 N–H and O–H groups in total. The maximum atomic E-state index is 12.1. The van der Waals surface area contributed by atoms with E-state index in [1.807, 2.05) is 21.0 Å². The Morgan fingerprint density at radius 3 is 2.48 bits per heavy atom. The Hall–Kier alpha value is -1.97. The Kier molecular flexibility index (Phi) is 8.53. The number of carbonyl (C=O) groups is 3. The molecule has 0 unspecified atom stereocenters. The molecule has 0 aliphatic heterocycles. The first-order chi connectivity index (χ1) is 11.9. The van der Waals surface area contributed by atoms with E-state index in [1.54, 1.807) is 7.11 Å². The maximum Gasteiger partial charge on any atom is 0.356 e. The van der Waals surface area contributed by atoms with E-state index in [0.29, 0.717) is 10.7 Å². The number of nitrogens with one attached hydrogen (secondary N) is 1. The molecule has 25 heavy (non-hydrogen) atoms. The van der Waals surface area contributed by atoms with Crippen molar-refractivity contribution >= 4 is 29.3 Å². The molecule has 0 spiro atoms. The van der Waals surface area contributed by atoms with Gasteiger partial charge in [-0.3, -0.25) is 14.7 Å². The summed E-state index contributed by atoms with van der Waals surface area (Å²) < 4.78 is 9.35. The summed E-state index contributed by atoms with van der Waals surface area (Å²) in [5, 5.41) is 6.08. The van der Waals surface area contributed by atoms with Crippen LogP contribution in [0.2, 0.25) is 0 Å². The minimum Gasteiger partial charge on any atom is -0.464 e. The van der Waals surface area contributed by atoms with Gasteiger partial charge < -0.3 is 14.4 Å². The van der Waals surface area contributed by atoms with Gasteiger partial charge in [0.15, 0.2) is 5.69 Å². The van der Waals surface area contributed by atoms with Gasteiger partial charge >= 0.3 is 5.97 Å². The van der Waals surface area contributed by atoms with Gasteiger partial charge in [0.1, 0.15) is 5.69 Å². The van der Waals surface area contributed by atoms with Crippen LogP contribution in [0.25, 0.3) is 0 Å². The van der Waals surface area contributed by atoms with E-state index >= 15 is 0 Å². The van der Waals surface area contributed by atoms with Gasteiger partial charge in [0, 0.05) is 19.7 Å². The van der Waals surface area contributed by atoms with E-state index in [0.717, 1.165) is 13.2 Å². The van der Waals surface area contributed by atoms with Crippen LogP contribution in [0.1, 0.15) is 38.3 Å². The fraction of sp³-hybridized carbons (Fsp3) is 0.500. The van der Waals surface area contributed by atoms with E-state index in [2.05, 4.69) is 19.8 Å². The van der Waals surface area contributed by atoms with Crippen LogP contribution in [-0.2, 0) is 9.47 Å². The third kappa shape index (κ3) is 5.52. The average Bonchev–Trinajstić information content (AvgIpc) is 3.03. The summed E-state index contributed by atoms with van der Waals surface area (Å²) in [5.41, 5.74) is -0.0979. The lowest BCUT2D eigenvalue weighted by Crippen LogP contribution is -2.18. The Morgan fingerprint density at radius 1 is 1.32 bits per heavy atom. The third-order valence-electron chi connectivity index (χ3n) is 3.14. The highest BCUT2D eigenvalue weighted by atomic mass is 32.2. The van der Waals surface area contributed by atoms with E-state index < -0.39 is 5.97 Å². The molecule has 9 heteroatoms. The number of Topliss-reactive ketones (excluding diaryl/α,β-unsaturated/α-hetero) is 1. The van der Waals surface area contributed by atoms with E-state index in [-0.39, 0.29) is 28.5 Å². The molecule has 0 atom stereocenters. The number of methoxy groups -OCH3 is 2. The number of esters is 1. The molecule has 0 bridgehead atoms. The fourth-order valence-electron chi connectivity index (χ4n) is 1.90. The van der Waals surface area contributed by atoms with Gasteiger partial charge in [-0.25, -0.2) is 4.79 Å². The standard InChI is InChI=1S/C11H10N2O4S.C5H13NO/c1-3-18-6-4-5(14)8-7(10(6)15)9(13-12-8)11(16)17-2;1-6(2)4-5-7-3/h4H,3H2,1-2H3,(H,12,13);4-5H2,1-3H3. The third-order valence-corrected chi connectivity index (χ3v) is 4.05. The van der Waals surface area contributed by atoms with Crippen molar-refractivity contribution in [3.8, 4) is 0 Å². The van der Waals surface area contributed by atoms with Crippen LogP contribution in [0, 0.1) is 0 Å². The number of likely N-dealkylation sites (N-methyl/N-ethyl adjacent to an activating group) is 1. The van der Waals surface area contributed by atoms with E-state index in [9.17, 15) is 14.4 Å². The summed E-state index contributed by atoms with van der Waals surface area (Å²) in [4.78, 5) is 37.8. The minimum absolute atomic E-state index is 0.00491. The highest BCUT2D eigenvalue weighted by Gasteiger charge is 2.33. The zero-order valence-corrected chi connectivity index (χ0v) is 15.9. The van der Waals surface area contributed by atoms with Crippen molar-refractivity contribution < 1.29 is 23.9 Å². The number of H-pyrrole nitrogens is 1. The van der Waals surface area contributed by atoms with Crippen LogP contribution >= 0.6 is 11.8 Å². The van der Waals surface area contributed by atoms with Crippen LogP contribution in [0.15, 0.2) is 11.0 Å². The summed E-state index contributed by atoms with van der Waals surface area (Å²) in [5.74, 6) is -0.809. The molecule has 0 fully saturated rings. The van der Waals surface area contributed by atoms with Crippen molar-refractivity contribution in [2.75, 3.05) is 47.2 Å². The molecule has 0 saturated carbocycles. The Bertz CT molecular complexity index is 667. The van der Waals surface area contributed by atoms with Gasteiger partial charge in [0.2, 0.25) is 11.6 Å². The Labute approximate surface area is 150 Å². The highest BCUT2D eigenvalue weighted by molar-refractivity contribution is 8.04. The Balaban J connectivity index is 0.000000381. The van der Waals surface area contributed by atoms with Crippen LogP contribution in [-0.4, -0.2) is 79.9 Å². The average molecular weight is 369 g/mol. The lowest BCUT2D eigenvalue weighted by Gasteiger charge is -2.10. The molecule has 1 heterocycles. The first-order valence-electron chi connectivity index (χ1n) is 7.61. The lowest BCUT2D eigenvalue weighted by molar-refractivity contribution is 0.0591. The molecule has 1 aromatic rings. The Morgan fingerprint density at radius 2 is 2.00 bits per heavy atom. The SMILES string of the molecule is CCSC1=CC(=O)c2n[nH]c(C(=O)OC)c2C1=O.COCCN(C)C. The molecule has 2 rings (SSSR count). The molecule has 0 radical (unpaired) electrons. The van der Waals surface area contributed by atoms with Gasteiger partial charge in [-0.15, -0.1) is 11.8 Å². The number of ketones is 2. The minimum atomic E-state index is -0.715. The second kappa shape index (κ2) is 10.1. The molecule has 0 saturated heterocycles.